The van der Waals surface area contributed by atoms with Gasteiger partial charge < -0.3 is 15.0 Å². The van der Waals surface area contributed by atoms with Gasteiger partial charge in [0.15, 0.2) is 6.61 Å². The Morgan fingerprint density at radius 1 is 1.09 bits per heavy atom. The SMILES string of the molecule is Cc1ccc(-c2cc(C(=O)OCC(=O)N(C)CC(=O)NC3CC3)c3ccccc3n2)c(C)c1. The molecule has 1 N–H and O–H groups in total. The van der Waals surface area contributed by atoms with Crippen LogP contribution >= 0.6 is 0 Å². The Balaban J connectivity index is 1.52. The molecule has 0 atom stereocenters. The molecule has 4 rings (SSSR count). The van der Waals surface area contributed by atoms with E-state index in [0.717, 1.165) is 29.5 Å². The fourth-order valence-corrected chi connectivity index (χ4v) is 3.70. The van der Waals surface area contributed by atoms with Crippen molar-refractivity contribution < 1.29 is 19.1 Å². The molecule has 0 bridgehead atoms. The van der Waals surface area contributed by atoms with Gasteiger partial charge >= 0.3 is 5.97 Å². The topological polar surface area (TPSA) is 88.6 Å². The number of hydrogen-bond donors (Lipinski definition) is 1. The molecule has 7 nitrogen and oxygen atoms in total. The van der Waals surface area contributed by atoms with E-state index in [0.29, 0.717) is 22.2 Å². The van der Waals surface area contributed by atoms with Crippen LogP contribution in [0.15, 0.2) is 48.5 Å². The molecule has 1 fully saturated rings. The van der Waals surface area contributed by atoms with Gasteiger partial charge in [0.1, 0.15) is 0 Å². The number of rotatable bonds is 7. The first-order valence-corrected chi connectivity index (χ1v) is 11.0. The van der Waals surface area contributed by atoms with Crippen LogP contribution in [0.3, 0.4) is 0 Å². The van der Waals surface area contributed by atoms with Crippen molar-refractivity contribution in [2.45, 2.75) is 32.7 Å². The molecule has 2 aromatic carbocycles. The van der Waals surface area contributed by atoms with Gasteiger partial charge in [-0.15, -0.1) is 0 Å². The summed E-state index contributed by atoms with van der Waals surface area (Å²) >= 11 is 0. The highest BCUT2D eigenvalue weighted by Gasteiger charge is 2.25. The molecule has 0 radical (unpaired) electrons. The number of para-hydroxylation sites is 1. The Bertz CT molecular complexity index is 1230. The van der Waals surface area contributed by atoms with Crippen LogP contribution in [0.2, 0.25) is 0 Å². The molecule has 1 saturated carbocycles. The normalized spacial score (nSPS) is 12.9. The van der Waals surface area contributed by atoms with Gasteiger partial charge in [0, 0.05) is 24.0 Å². The van der Waals surface area contributed by atoms with Crippen LogP contribution in [0.4, 0.5) is 0 Å². The number of ether oxygens (including phenoxy) is 1. The third-order valence-corrected chi connectivity index (χ3v) is 5.67. The fraction of sp³-hybridized carbons (Fsp3) is 0.308. The van der Waals surface area contributed by atoms with Crippen LogP contribution in [-0.4, -0.2) is 53.9 Å². The quantitative estimate of drug-likeness (QED) is 0.563. The van der Waals surface area contributed by atoms with E-state index in [4.69, 9.17) is 9.72 Å². The van der Waals surface area contributed by atoms with Gasteiger partial charge in [0.25, 0.3) is 5.91 Å². The number of carbonyl (C=O) groups is 3. The van der Waals surface area contributed by atoms with Crippen LogP contribution in [-0.2, 0) is 14.3 Å². The zero-order valence-corrected chi connectivity index (χ0v) is 19.1. The summed E-state index contributed by atoms with van der Waals surface area (Å²) in [6.07, 6.45) is 1.95. The molecular weight excluding hydrogens is 418 g/mol. The molecule has 0 aliphatic heterocycles. The largest absolute Gasteiger partial charge is 0.452 e. The van der Waals surface area contributed by atoms with Crippen molar-refractivity contribution in [3.8, 4) is 11.3 Å². The lowest BCUT2D eigenvalue weighted by molar-refractivity contribution is -0.137. The van der Waals surface area contributed by atoms with E-state index in [9.17, 15) is 14.4 Å². The van der Waals surface area contributed by atoms with Crippen molar-refractivity contribution in [2.75, 3.05) is 20.2 Å². The first-order valence-electron chi connectivity index (χ1n) is 11.0. The molecule has 7 heteroatoms. The maximum Gasteiger partial charge on any atom is 0.339 e. The van der Waals surface area contributed by atoms with Crippen molar-refractivity contribution in [2.24, 2.45) is 0 Å². The highest BCUT2D eigenvalue weighted by atomic mass is 16.5. The molecule has 0 spiro atoms. The summed E-state index contributed by atoms with van der Waals surface area (Å²) in [5, 5.41) is 3.49. The molecule has 3 aromatic rings. The molecule has 0 saturated heterocycles. The number of nitrogens with one attached hydrogen (secondary N) is 1. The minimum atomic E-state index is -0.608. The zero-order valence-electron chi connectivity index (χ0n) is 19.1. The highest BCUT2D eigenvalue weighted by molar-refractivity contribution is 6.05. The number of aromatic nitrogens is 1. The van der Waals surface area contributed by atoms with Crippen molar-refractivity contribution in [1.29, 1.82) is 0 Å². The predicted octanol–water partition coefficient (Wildman–Crippen LogP) is 3.41. The van der Waals surface area contributed by atoms with Crippen LogP contribution < -0.4 is 5.32 Å². The molecule has 170 valence electrons. The smallest absolute Gasteiger partial charge is 0.339 e. The number of pyridine rings is 1. The van der Waals surface area contributed by atoms with Gasteiger partial charge in [-0.3, -0.25) is 9.59 Å². The van der Waals surface area contributed by atoms with Gasteiger partial charge in [-0.1, -0.05) is 42.0 Å². The van der Waals surface area contributed by atoms with Crippen molar-refractivity contribution in [3.05, 3.63) is 65.2 Å². The maximum absolute atomic E-state index is 13.0. The van der Waals surface area contributed by atoms with Crippen molar-refractivity contribution >= 4 is 28.7 Å². The Morgan fingerprint density at radius 2 is 1.85 bits per heavy atom. The van der Waals surface area contributed by atoms with E-state index in [1.807, 2.05) is 44.2 Å². The molecule has 1 aromatic heterocycles. The first-order chi connectivity index (χ1) is 15.8. The Kier molecular flexibility index (Phi) is 6.40. The maximum atomic E-state index is 13.0. The summed E-state index contributed by atoms with van der Waals surface area (Å²) in [4.78, 5) is 43.3. The highest BCUT2D eigenvalue weighted by Crippen LogP contribution is 2.28. The van der Waals surface area contributed by atoms with E-state index in [1.165, 1.54) is 11.9 Å². The van der Waals surface area contributed by atoms with E-state index < -0.39 is 18.5 Å². The first kappa shape index (κ1) is 22.5. The summed E-state index contributed by atoms with van der Waals surface area (Å²) in [6, 6.07) is 15.3. The minimum Gasteiger partial charge on any atom is -0.452 e. The third kappa shape index (κ3) is 5.37. The van der Waals surface area contributed by atoms with E-state index in [1.54, 1.807) is 12.1 Å². The second kappa shape index (κ2) is 9.40. The van der Waals surface area contributed by atoms with Gasteiger partial charge in [0.2, 0.25) is 5.91 Å². The van der Waals surface area contributed by atoms with Crippen molar-refractivity contribution in [1.82, 2.24) is 15.2 Å². The number of aryl methyl sites for hydroxylation is 2. The Hall–Kier alpha value is -3.74. The average molecular weight is 446 g/mol. The number of carbonyl (C=O) groups excluding carboxylic acids is 3. The van der Waals surface area contributed by atoms with Gasteiger partial charge in [-0.05, 0) is 44.4 Å². The van der Waals surface area contributed by atoms with Crippen LogP contribution in [0.25, 0.3) is 22.2 Å². The van der Waals surface area contributed by atoms with Gasteiger partial charge in [-0.25, -0.2) is 9.78 Å². The van der Waals surface area contributed by atoms with E-state index in [2.05, 4.69) is 11.4 Å². The van der Waals surface area contributed by atoms with Crippen LogP contribution in [0.5, 0.6) is 0 Å². The lowest BCUT2D eigenvalue weighted by Gasteiger charge is -2.17. The molecule has 1 aliphatic carbocycles. The Morgan fingerprint density at radius 3 is 2.58 bits per heavy atom. The summed E-state index contributed by atoms with van der Waals surface area (Å²) in [6.45, 7) is 3.52. The van der Waals surface area contributed by atoms with Gasteiger partial charge in [-0.2, -0.15) is 0 Å². The monoisotopic (exact) mass is 445 g/mol. The second-order valence-electron chi connectivity index (χ2n) is 8.56. The standard InChI is InChI=1S/C26H27N3O4/c1-16-8-11-19(17(2)12-16)23-13-21(20-6-4-5-7-22(20)28-23)26(32)33-15-25(31)29(3)14-24(30)27-18-9-10-18/h4-8,11-13,18H,9-10,14-15H2,1-3H3,(H,27,30). The summed E-state index contributed by atoms with van der Waals surface area (Å²) in [7, 11) is 1.52. The fourth-order valence-electron chi connectivity index (χ4n) is 3.70. The van der Waals surface area contributed by atoms with Gasteiger partial charge in [0.05, 0.1) is 23.3 Å². The lowest BCUT2D eigenvalue weighted by atomic mass is 9.99. The summed E-state index contributed by atoms with van der Waals surface area (Å²) in [5.74, 6) is -1.26. The number of fused-ring (bicyclic) bond motifs is 1. The van der Waals surface area contributed by atoms with Crippen molar-refractivity contribution in [3.63, 3.8) is 0 Å². The summed E-state index contributed by atoms with van der Waals surface area (Å²) in [5.41, 5.74) is 4.80. The number of likely N-dealkylation sites (N-methyl/N-ethyl adjacent to an activating group) is 1. The number of hydrogen-bond acceptors (Lipinski definition) is 5. The molecular formula is C26H27N3O4. The molecule has 0 unspecified atom stereocenters. The molecule has 2 amide bonds. The number of nitrogens with zero attached hydrogens (tertiary/aromatic N) is 2. The number of benzene rings is 2. The molecule has 33 heavy (non-hydrogen) atoms. The second-order valence-corrected chi connectivity index (χ2v) is 8.56. The predicted molar refractivity (Wildman–Crippen MR) is 126 cm³/mol. The van der Waals surface area contributed by atoms with E-state index in [-0.39, 0.29) is 18.5 Å². The number of amides is 2. The van der Waals surface area contributed by atoms with E-state index >= 15 is 0 Å². The molecule has 1 heterocycles. The average Bonchev–Trinajstić information content (AvgIpc) is 3.60. The minimum absolute atomic E-state index is 0.0675. The Labute approximate surface area is 192 Å². The zero-order chi connectivity index (χ0) is 23.5. The lowest BCUT2D eigenvalue weighted by Crippen LogP contribution is -2.40. The number of esters is 1. The third-order valence-electron chi connectivity index (χ3n) is 5.67. The summed E-state index contributed by atoms with van der Waals surface area (Å²) < 4.78 is 5.34. The molecule has 1 aliphatic rings. The van der Waals surface area contributed by atoms with Crippen LogP contribution in [0.1, 0.15) is 34.3 Å². The van der Waals surface area contributed by atoms with Crippen LogP contribution in [0, 0.1) is 13.8 Å².